The van der Waals surface area contributed by atoms with Gasteiger partial charge in [0.15, 0.2) is 0 Å². The third-order valence-corrected chi connectivity index (χ3v) is 5.05. The molecule has 0 saturated heterocycles. The molecule has 3 N–H and O–H groups in total. The Morgan fingerprint density at radius 1 is 0.967 bits per heavy atom. The number of para-hydroxylation sites is 1. The van der Waals surface area contributed by atoms with Crippen LogP contribution in [0.5, 0.6) is 11.5 Å². The second-order valence-electron chi connectivity index (χ2n) is 6.56. The Balaban J connectivity index is 1.80. The van der Waals surface area contributed by atoms with Crippen LogP contribution >= 0.6 is 11.6 Å². The number of anilines is 1. The van der Waals surface area contributed by atoms with Crippen LogP contribution in [0.25, 0.3) is 22.0 Å². The summed E-state index contributed by atoms with van der Waals surface area (Å²) in [6.45, 7) is 0. The topological polar surface area (TPSA) is 75.4 Å². The van der Waals surface area contributed by atoms with Gasteiger partial charge in [0.2, 0.25) is 0 Å². The molecule has 7 heteroatoms. The number of methoxy groups -OCH3 is 2. The first-order chi connectivity index (χ1) is 14.6. The fraction of sp³-hybridized carbons (Fsp3) is 0.0870. The van der Waals surface area contributed by atoms with E-state index in [2.05, 4.69) is 15.8 Å². The lowest BCUT2D eigenvalue weighted by atomic mass is 10.0. The van der Waals surface area contributed by atoms with Crippen LogP contribution in [0.15, 0.2) is 66.9 Å². The number of halogens is 1. The molecule has 0 aliphatic heterocycles. The monoisotopic (exact) mass is 421 g/mol. The molecule has 1 heterocycles. The maximum Gasteiger partial charge on any atom is 0.275 e. The van der Waals surface area contributed by atoms with E-state index in [1.807, 2.05) is 60.8 Å². The predicted octanol–water partition coefficient (Wildman–Crippen LogP) is 5.26. The van der Waals surface area contributed by atoms with Crippen molar-refractivity contribution in [1.29, 1.82) is 0 Å². The summed E-state index contributed by atoms with van der Waals surface area (Å²) in [6, 6.07) is 18.6. The van der Waals surface area contributed by atoms with Crippen LogP contribution in [0, 0.1) is 0 Å². The van der Waals surface area contributed by atoms with Crippen LogP contribution in [0.4, 0.5) is 5.69 Å². The number of aromatic nitrogens is 1. The van der Waals surface area contributed by atoms with Crippen molar-refractivity contribution in [1.82, 2.24) is 10.4 Å². The van der Waals surface area contributed by atoms with Crippen molar-refractivity contribution in [3.63, 3.8) is 0 Å². The molecule has 0 aliphatic carbocycles. The molecule has 1 aromatic heterocycles. The number of hydrazine groups is 1. The lowest BCUT2D eigenvalue weighted by molar-refractivity contribution is 0.0961. The van der Waals surface area contributed by atoms with Crippen molar-refractivity contribution in [3.8, 4) is 22.6 Å². The number of hydrogen-bond donors (Lipinski definition) is 3. The van der Waals surface area contributed by atoms with Gasteiger partial charge in [0.25, 0.3) is 5.91 Å². The first-order valence-electron chi connectivity index (χ1n) is 9.25. The molecular formula is C23H20ClN3O3. The highest BCUT2D eigenvalue weighted by molar-refractivity contribution is 6.30. The molecule has 0 bridgehead atoms. The van der Waals surface area contributed by atoms with Crippen molar-refractivity contribution in [3.05, 3.63) is 77.4 Å². The molecule has 0 unspecified atom stereocenters. The number of H-pyrrole nitrogens is 1. The standard InChI is InChI=1S/C23H20ClN3O3/c1-29-18-12-19(30-2)21(23(28)27-26-16-6-4-3-5-7-16)22-20(18)17(13-25-22)14-8-10-15(24)11-9-14/h3-13,25-26H,1-2H3,(H,27,28). The number of rotatable bonds is 6. The molecule has 6 nitrogen and oxygen atoms in total. The van der Waals surface area contributed by atoms with E-state index in [9.17, 15) is 4.79 Å². The van der Waals surface area contributed by atoms with E-state index in [0.29, 0.717) is 27.6 Å². The maximum atomic E-state index is 13.1. The Morgan fingerprint density at radius 3 is 2.33 bits per heavy atom. The van der Waals surface area contributed by atoms with Gasteiger partial charge in [-0.2, -0.15) is 0 Å². The molecule has 0 saturated carbocycles. The van der Waals surface area contributed by atoms with Crippen LogP contribution < -0.4 is 20.3 Å². The first-order valence-corrected chi connectivity index (χ1v) is 9.63. The van der Waals surface area contributed by atoms with Gasteiger partial charge in [-0.05, 0) is 29.8 Å². The Morgan fingerprint density at radius 2 is 1.67 bits per heavy atom. The Hall–Kier alpha value is -3.64. The molecule has 1 amide bonds. The minimum atomic E-state index is -0.340. The SMILES string of the molecule is COc1cc(OC)c2c(-c3ccc(Cl)cc3)c[nH]c2c1C(=O)NNc1ccccc1. The maximum absolute atomic E-state index is 13.1. The molecule has 152 valence electrons. The normalized spacial score (nSPS) is 10.6. The predicted molar refractivity (Wildman–Crippen MR) is 119 cm³/mol. The van der Waals surface area contributed by atoms with Crippen molar-refractivity contribution < 1.29 is 14.3 Å². The molecule has 0 radical (unpaired) electrons. The average molecular weight is 422 g/mol. The molecule has 0 atom stereocenters. The van der Waals surface area contributed by atoms with Gasteiger partial charge in [-0.3, -0.25) is 15.6 Å². The van der Waals surface area contributed by atoms with E-state index < -0.39 is 0 Å². The highest BCUT2D eigenvalue weighted by atomic mass is 35.5. The van der Waals surface area contributed by atoms with E-state index in [1.165, 1.54) is 7.11 Å². The Labute approximate surface area is 178 Å². The third-order valence-electron chi connectivity index (χ3n) is 4.80. The number of nitrogens with one attached hydrogen (secondary N) is 3. The number of fused-ring (bicyclic) bond motifs is 1. The highest BCUT2D eigenvalue weighted by Crippen LogP contribution is 2.41. The summed E-state index contributed by atoms with van der Waals surface area (Å²) in [5, 5.41) is 1.43. The summed E-state index contributed by atoms with van der Waals surface area (Å²) in [5.74, 6) is 0.657. The number of hydrogen-bond acceptors (Lipinski definition) is 4. The number of amides is 1. The van der Waals surface area contributed by atoms with Crippen LogP contribution in [0.1, 0.15) is 10.4 Å². The second kappa shape index (κ2) is 8.39. The zero-order chi connectivity index (χ0) is 21.1. The Bertz CT molecular complexity index is 1190. The smallest absolute Gasteiger partial charge is 0.275 e. The molecule has 0 fully saturated rings. The van der Waals surface area contributed by atoms with Crippen molar-refractivity contribution in [2.45, 2.75) is 0 Å². The van der Waals surface area contributed by atoms with E-state index in [1.54, 1.807) is 13.2 Å². The first kappa shape index (κ1) is 19.7. The van der Waals surface area contributed by atoms with Gasteiger partial charge in [0.05, 0.1) is 30.8 Å². The molecule has 4 aromatic rings. The van der Waals surface area contributed by atoms with Crippen molar-refractivity contribution in [2.75, 3.05) is 19.6 Å². The van der Waals surface area contributed by atoms with Gasteiger partial charge in [-0.25, -0.2) is 0 Å². The van der Waals surface area contributed by atoms with Gasteiger partial charge in [-0.1, -0.05) is 41.9 Å². The number of aromatic amines is 1. The summed E-state index contributed by atoms with van der Waals surface area (Å²) in [5.41, 5.74) is 9.24. The quantitative estimate of drug-likeness (QED) is 0.371. The molecule has 30 heavy (non-hydrogen) atoms. The van der Waals surface area contributed by atoms with Crippen LogP contribution in [0.2, 0.25) is 5.02 Å². The summed E-state index contributed by atoms with van der Waals surface area (Å²) in [4.78, 5) is 16.3. The van der Waals surface area contributed by atoms with Crippen LogP contribution in [-0.4, -0.2) is 25.1 Å². The zero-order valence-electron chi connectivity index (χ0n) is 16.5. The summed E-state index contributed by atoms with van der Waals surface area (Å²) in [7, 11) is 3.11. The third kappa shape index (κ3) is 3.65. The van der Waals surface area contributed by atoms with Gasteiger partial charge in [0.1, 0.15) is 17.1 Å². The van der Waals surface area contributed by atoms with E-state index in [0.717, 1.165) is 22.2 Å². The van der Waals surface area contributed by atoms with Gasteiger partial charge in [0, 0.05) is 22.8 Å². The van der Waals surface area contributed by atoms with Gasteiger partial charge in [-0.15, -0.1) is 0 Å². The minimum Gasteiger partial charge on any atom is -0.496 e. The van der Waals surface area contributed by atoms with Crippen LogP contribution in [-0.2, 0) is 0 Å². The summed E-state index contributed by atoms with van der Waals surface area (Å²) < 4.78 is 11.1. The largest absolute Gasteiger partial charge is 0.496 e. The number of carbonyl (C=O) groups excluding carboxylic acids is 1. The van der Waals surface area contributed by atoms with Crippen molar-refractivity contribution in [2.24, 2.45) is 0 Å². The fourth-order valence-corrected chi connectivity index (χ4v) is 3.51. The Kier molecular flexibility index (Phi) is 5.50. The molecule has 0 aliphatic rings. The average Bonchev–Trinajstić information content (AvgIpc) is 3.22. The van der Waals surface area contributed by atoms with E-state index in [-0.39, 0.29) is 5.91 Å². The van der Waals surface area contributed by atoms with Crippen molar-refractivity contribution >= 4 is 34.1 Å². The lowest BCUT2D eigenvalue weighted by Gasteiger charge is -2.15. The van der Waals surface area contributed by atoms with Crippen LogP contribution in [0.3, 0.4) is 0 Å². The number of ether oxygens (including phenoxy) is 2. The van der Waals surface area contributed by atoms with Gasteiger partial charge >= 0.3 is 0 Å². The molecular weight excluding hydrogens is 402 g/mol. The molecule has 3 aromatic carbocycles. The number of benzene rings is 3. The molecule has 0 spiro atoms. The van der Waals surface area contributed by atoms with E-state index >= 15 is 0 Å². The minimum absolute atomic E-state index is 0.340. The summed E-state index contributed by atoms with van der Waals surface area (Å²) in [6.07, 6.45) is 1.84. The van der Waals surface area contributed by atoms with Gasteiger partial charge < -0.3 is 14.5 Å². The van der Waals surface area contributed by atoms with E-state index in [4.69, 9.17) is 21.1 Å². The molecule has 4 rings (SSSR count). The summed E-state index contributed by atoms with van der Waals surface area (Å²) >= 11 is 6.03. The zero-order valence-corrected chi connectivity index (χ0v) is 17.2. The fourth-order valence-electron chi connectivity index (χ4n) is 3.38. The highest BCUT2D eigenvalue weighted by Gasteiger charge is 2.23. The second-order valence-corrected chi connectivity index (χ2v) is 7.00. The number of carbonyl (C=O) groups is 1. The lowest BCUT2D eigenvalue weighted by Crippen LogP contribution is -2.29.